The monoisotopic (exact) mass is 267 g/mol. The fourth-order valence-corrected chi connectivity index (χ4v) is 2.35. The first-order valence-corrected chi connectivity index (χ1v) is 7.03. The molecule has 2 aromatic rings. The Morgan fingerprint density at radius 2 is 2.15 bits per heavy atom. The van der Waals surface area contributed by atoms with E-state index in [1.165, 1.54) is 16.3 Å². The van der Waals surface area contributed by atoms with E-state index in [0.29, 0.717) is 0 Å². The minimum absolute atomic E-state index is 0.0757. The number of nitrogens with one attached hydrogen (secondary N) is 1. The Kier molecular flexibility index (Phi) is 5.03. The summed E-state index contributed by atoms with van der Waals surface area (Å²) in [6.45, 7) is 3.09. The van der Waals surface area contributed by atoms with Crippen molar-refractivity contribution in [3.63, 3.8) is 0 Å². The summed E-state index contributed by atoms with van der Waals surface area (Å²) in [5, 5.41) is 5.82. The van der Waals surface area contributed by atoms with Crippen LogP contribution >= 0.6 is 0 Å². The molecule has 2 aromatic carbocycles. The van der Waals surface area contributed by atoms with Crippen molar-refractivity contribution < 1.29 is 4.74 Å². The van der Waals surface area contributed by atoms with Gasteiger partial charge in [0.05, 0.1) is 13.2 Å². The average molecular weight is 267 g/mol. The van der Waals surface area contributed by atoms with Gasteiger partial charge in [0, 0.05) is 0 Å². The van der Waals surface area contributed by atoms with Crippen LogP contribution in [-0.4, -0.2) is 19.7 Å². The molecular formula is C18H21NO. The van der Waals surface area contributed by atoms with Gasteiger partial charge in [-0.05, 0) is 47.9 Å². The van der Waals surface area contributed by atoms with E-state index in [-0.39, 0.29) is 6.04 Å². The second-order valence-corrected chi connectivity index (χ2v) is 4.88. The molecule has 0 spiro atoms. The highest BCUT2D eigenvalue weighted by molar-refractivity contribution is 5.87. The fourth-order valence-electron chi connectivity index (χ4n) is 2.35. The van der Waals surface area contributed by atoms with E-state index in [2.05, 4.69) is 48.5 Å². The number of methoxy groups -OCH3 is 1. The van der Waals surface area contributed by atoms with Gasteiger partial charge in [0.15, 0.2) is 0 Å². The lowest BCUT2D eigenvalue weighted by atomic mass is 9.98. The molecule has 0 saturated carbocycles. The minimum Gasteiger partial charge on any atom is -0.497 e. The van der Waals surface area contributed by atoms with Crippen molar-refractivity contribution in [1.29, 1.82) is 0 Å². The summed E-state index contributed by atoms with van der Waals surface area (Å²) < 4.78 is 5.32. The van der Waals surface area contributed by atoms with Gasteiger partial charge in [-0.1, -0.05) is 37.1 Å². The Morgan fingerprint density at radius 3 is 2.85 bits per heavy atom. The molecule has 0 bridgehead atoms. The highest BCUT2D eigenvalue weighted by Gasteiger charge is 2.08. The molecule has 2 rings (SSSR count). The molecule has 0 aliphatic carbocycles. The van der Waals surface area contributed by atoms with Crippen molar-refractivity contribution in [3.8, 4) is 18.1 Å². The number of fused-ring (bicyclic) bond motifs is 1. The highest BCUT2D eigenvalue weighted by atomic mass is 16.5. The molecule has 104 valence electrons. The molecule has 0 heterocycles. The Bertz CT molecular complexity index is 612. The topological polar surface area (TPSA) is 21.3 Å². The van der Waals surface area contributed by atoms with Gasteiger partial charge in [0.25, 0.3) is 0 Å². The molecule has 1 atom stereocenters. The molecule has 0 saturated heterocycles. The van der Waals surface area contributed by atoms with Crippen LogP contribution in [0.4, 0.5) is 0 Å². The highest BCUT2D eigenvalue weighted by Crippen LogP contribution is 2.24. The van der Waals surface area contributed by atoms with Gasteiger partial charge >= 0.3 is 0 Å². The molecule has 20 heavy (non-hydrogen) atoms. The standard InChI is InChI=1S/C18H21NO/c1-4-11-19-16(5-2)12-15-8-6-7-14-9-10-17(20-3)13-18(14)15/h2,6-10,13,16,19H,4,11-12H2,1,3H3. The van der Waals surface area contributed by atoms with E-state index in [1.54, 1.807) is 7.11 Å². The van der Waals surface area contributed by atoms with Gasteiger partial charge in [-0.15, -0.1) is 6.42 Å². The Labute approximate surface area is 121 Å². The van der Waals surface area contributed by atoms with Gasteiger partial charge < -0.3 is 10.1 Å². The first-order chi connectivity index (χ1) is 9.78. The van der Waals surface area contributed by atoms with Crippen molar-refractivity contribution in [2.45, 2.75) is 25.8 Å². The maximum atomic E-state index is 5.62. The zero-order valence-electron chi connectivity index (χ0n) is 12.1. The number of rotatable bonds is 6. The third-order valence-electron chi connectivity index (χ3n) is 3.45. The summed E-state index contributed by atoms with van der Waals surface area (Å²) in [6, 6.07) is 12.6. The van der Waals surface area contributed by atoms with Crippen molar-refractivity contribution in [3.05, 3.63) is 42.0 Å². The smallest absolute Gasteiger partial charge is 0.119 e. The maximum absolute atomic E-state index is 5.62. The molecule has 0 fully saturated rings. The van der Waals surface area contributed by atoms with Crippen LogP contribution in [0, 0.1) is 12.3 Å². The van der Waals surface area contributed by atoms with Gasteiger partial charge in [-0.3, -0.25) is 0 Å². The molecule has 0 aromatic heterocycles. The molecule has 0 amide bonds. The second kappa shape index (κ2) is 6.98. The van der Waals surface area contributed by atoms with Crippen molar-refractivity contribution >= 4 is 10.8 Å². The van der Waals surface area contributed by atoms with Crippen molar-refractivity contribution in [2.75, 3.05) is 13.7 Å². The van der Waals surface area contributed by atoms with E-state index in [1.807, 2.05) is 6.07 Å². The van der Waals surface area contributed by atoms with Crippen LogP contribution in [0.2, 0.25) is 0 Å². The summed E-state index contributed by atoms with van der Waals surface area (Å²) in [4.78, 5) is 0. The van der Waals surface area contributed by atoms with Crippen LogP contribution in [0.1, 0.15) is 18.9 Å². The first-order valence-electron chi connectivity index (χ1n) is 7.03. The number of hydrogen-bond acceptors (Lipinski definition) is 2. The van der Waals surface area contributed by atoms with E-state index in [4.69, 9.17) is 11.2 Å². The van der Waals surface area contributed by atoms with Crippen LogP contribution < -0.4 is 10.1 Å². The Morgan fingerprint density at radius 1 is 1.30 bits per heavy atom. The van der Waals surface area contributed by atoms with Crippen molar-refractivity contribution in [1.82, 2.24) is 5.32 Å². The normalized spacial score (nSPS) is 12.1. The summed E-state index contributed by atoms with van der Waals surface area (Å²) in [5.74, 6) is 3.71. The quantitative estimate of drug-likeness (QED) is 0.810. The third kappa shape index (κ3) is 3.31. The van der Waals surface area contributed by atoms with Gasteiger partial charge in [-0.2, -0.15) is 0 Å². The molecular weight excluding hydrogens is 246 g/mol. The fraction of sp³-hybridized carbons (Fsp3) is 0.333. The van der Waals surface area contributed by atoms with E-state index in [9.17, 15) is 0 Å². The van der Waals surface area contributed by atoms with Gasteiger partial charge in [0.2, 0.25) is 0 Å². The molecule has 2 heteroatoms. The lowest BCUT2D eigenvalue weighted by Gasteiger charge is -2.14. The van der Waals surface area contributed by atoms with Crippen LogP contribution in [0.25, 0.3) is 10.8 Å². The largest absolute Gasteiger partial charge is 0.497 e. The molecule has 2 nitrogen and oxygen atoms in total. The second-order valence-electron chi connectivity index (χ2n) is 4.88. The number of benzene rings is 2. The Balaban J connectivity index is 2.31. The lowest BCUT2D eigenvalue weighted by molar-refractivity contribution is 0.415. The molecule has 0 radical (unpaired) electrons. The minimum atomic E-state index is 0.0757. The van der Waals surface area contributed by atoms with E-state index >= 15 is 0 Å². The van der Waals surface area contributed by atoms with Crippen LogP contribution in [0.5, 0.6) is 5.75 Å². The lowest BCUT2D eigenvalue weighted by Crippen LogP contribution is -2.30. The predicted molar refractivity (Wildman–Crippen MR) is 85.1 cm³/mol. The predicted octanol–water partition coefficient (Wildman–Crippen LogP) is 3.39. The first kappa shape index (κ1) is 14.4. The molecule has 0 aliphatic rings. The maximum Gasteiger partial charge on any atom is 0.119 e. The zero-order valence-corrected chi connectivity index (χ0v) is 12.1. The number of ether oxygens (including phenoxy) is 1. The van der Waals surface area contributed by atoms with Crippen molar-refractivity contribution in [2.24, 2.45) is 0 Å². The van der Waals surface area contributed by atoms with Gasteiger partial charge in [0.1, 0.15) is 5.75 Å². The van der Waals surface area contributed by atoms with E-state index in [0.717, 1.165) is 25.1 Å². The zero-order chi connectivity index (χ0) is 14.4. The van der Waals surface area contributed by atoms with E-state index < -0.39 is 0 Å². The Hall–Kier alpha value is -1.98. The molecule has 0 aliphatic heterocycles. The number of terminal acetylenes is 1. The third-order valence-corrected chi connectivity index (χ3v) is 3.45. The average Bonchev–Trinajstić information content (AvgIpc) is 2.51. The van der Waals surface area contributed by atoms with Crippen LogP contribution in [0.3, 0.4) is 0 Å². The molecule has 1 N–H and O–H groups in total. The summed E-state index contributed by atoms with van der Waals surface area (Å²) in [6.07, 6.45) is 7.54. The summed E-state index contributed by atoms with van der Waals surface area (Å²) in [7, 11) is 1.69. The van der Waals surface area contributed by atoms with Crippen LogP contribution in [0.15, 0.2) is 36.4 Å². The molecule has 1 unspecified atom stereocenters. The SMILES string of the molecule is C#CC(Cc1cccc2ccc(OC)cc12)NCCC. The van der Waals surface area contributed by atoms with Gasteiger partial charge in [-0.25, -0.2) is 0 Å². The number of hydrogen-bond donors (Lipinski definition) is 1. The van der Waals surface area contributed by atoms with Crippen LogP contribution in [-0.2, 0) is 6.42 Å². The summed E-state index contributed by atoms with van der Waals surface area (Å²) in [5.41, 5.74) is 1.26. The summed E-state index contributed by atoms with van der Waals surface area (Å²) >= 11 is 0.